The molecule has 0 fully saturated rings. The van der Waals surface area contributed by atoms with Gasteiger partial charge < -0.3 is 0 Å². The lowest BCUT2D eigenvalue weighted by Crippen LogP contribution is -2.25. The molecule has 1 aromatic carbocycles. The van der Waals surface area contributed by atoms with Gasteiger partial charge in [-0.15, -0.1) is 0 Å². The van der Waals surface area contributed by atoms with Crippen LogP contribution in [0.15, 0.2) is 24.3 Å². The summed E-state index contributed by atoms with van der Waals surface area (Å²) < 4.78 is 37.4. The lowest BCUT2D eigenvalue weighted by molar-refractivity contribution is -0.137. The van der Waals surface area contributed by atoms with E-state index in [4.69, 9.17) is 0 Å². The molecule has 0 spiro atoms. The monoisotopic (exact) mass is 231 g/mol. The van der Waals surface area contributed by atoms with E-state index in [0.29, 0.717) is 18.2 Å². The number of hydrogen-bond acceptors (Lipinski definition) is 1. The fraction of sp³-hybridized carbons (Fsp3) is 0.500. The number of nitrogens with zero attached hydrogens (tertiary/aromatic N) is 1. The Bertz CT molecular complexity index is 344. The van der Waals surface area contributed by atoms with Gasteiger partial charge in [-0.3, -0.25) is 4.90 Å². The molecule has 0 N–H and O–H groups in total. The second-order valence-corrected chi connectivity index (χ2v) is 4.21. The van der Waals surface area contributed by atoms with Crippen molar-refractivity contribution in [1.29, 1.82) is 0 Å². The van der Waals surface area contributed by atoms with Crippen LogP contribution in [0, 0.1) is 0 Å². The largest absolute Gasteiger partial charge is 0.416 e. The predicted molar refractivity (Wildman–Crippen MR) is 58.0 cm³/mol. The predicted octanol–water partition coefficient (Wildman–Crippen LogP) is 3.55. The molecule has 0 heterocycles. The smallest absolute Gasteiger partial charge is 0.300 e. The van der Waals surface area contributed by atoms with Crippen molar-refractivity contribution in [2.24, 2.45) is 0 Å². The van der Waals surface area contributed by atoms with Gasteiger partial charge in [0.05, 0.1) is 5.56 Å². The lowest BCUT2D eigenvalue weighted by atomic mass is 10.1. The van der Waals surface area contributed by atoms with Crippen LogP contribution in [0.3, 0.4) is 0 Å². The zero-order valence-electron chi connectivity index (χ0n) is 9.67. The van der Waals surface area contributed by atoms with Gasteiger partial charge in [-0.1, -0.05) is 18.2 Å². The van der Waals surface area contributed by atoms with Crippen LogP contribution in [0.4, 0.5) is 13.2 Å². The third-order valence-electron chi connectivity index (χ3n) is 2.57. The molecule has 0 bridgehead atoms. The zero-order chi connectivity index (χ0) is 12.3. The first-order valence-corrected chi connectivity index (χ1v) is 5.17. The molecule has 0 aliphatic rings. The van der Waals surface area contributed by atoms with E-state index in [-0.39, 0.29) is 0 Å². The van der Waals surface area contributed by atoms with Crippen molar-refractivity contribution in [3.8, 4) is 0 Å². The van der Waals surface area contributed by atoms with Crippen molar-refractivity contribution in [2.75, 3.05) is 7.05 Å². The molecule has 0 saturated heterocycles. The van der Waals surface area contributed by atoms with E-state index in [2.05, 4.69) is 0 Å². The van der Waals surface area contributed by atoms with E-state index in [1.54, 1.807) is 6.07 Å². The van der Waals surface area contributed by atoms with E-state index >= 15 is 0 Å². The van der Waals surface area contributed by atoms with Crippen LogP contribution in [0.25, 0.3) is 0 Å². The highest BCUT2D eigenvalue weighted by molar-refractivity contribution is 5.25. The topological polar surface area (TPSA) is 3.24 Å². The highest BCUT2D eigenvalue weighted by Gasteiger charge is 2.30. The molecular formula is C12H16F3N. The van der Waals surface area contributed by atoms with E-state index in [9.17, 15) is 13.2 Å². The fourth-order valence-electron chi connectivity index (χ4n) is 1.32. The molecule has 90 valence electrons. The highest BCUT2D eigenvalue weighted by atomic mass is 19.4. The Morgan fingerprint density at radius 1 is 1.25 bits per heavy atom. The molecule has 1 aromatic rings. The van der Waals surface area contributed by atoms with Crippen molar-refractivity contribution in [2.45, 2.75) is 32.6 Å². The number of rotatable bonds is 3. The van der Waals surface area contributed by atoms with Gasteiger partial charge in [0.2, 0.25) is 0 Å². The van der Waals surface area contributed by atoms with Crippen molar-refractivity contribution in [3.05, 3.63) is 35.4 Å². The second-order valence-electron chi connectivity index (χ2n) is 4.21. The molecular weight excluding hydrogens is 215 g/mol. The molecule has 0 aliphatic carbocycles. The number of hydrogen-bond donors (Lipinski definition) is 0. The Kier molecular flexibility index (Phi) is 3.97. The van der Waals surface area contributed by atoms with Crippen molar-refractivity contribution in [1.82, 2.24) is 4.90 Å². The van der Waals surface area contributed by atoms with Gasteiger partial charge in [0.1, 0.15) is 0 Å². The summed E-state index contributed by atoms with van der Waals surface area (Å²) in [6, 6.07) is 5.78. The Labute approximate surface area is 93.9 Å². The van der Waals surface area contributed by atoms with Gasteiger partial charge >= 0.3 is 6.18 Å². The maximum absolute atomic E-state index is 12.5. The molecule has 0 amide bonds. The van der Waals surface area contributed by atoms with Crippen LogP contribution in [-0.4, -0.2) is 18.0 Å². The Morgan fingerprint density at radius 3 is 2.38 bits per heavy atom. The average molecular weight is 231 g/mol. The van der Waals surface area contributed by atoms with Crippen LogP contribution >= 0.6 is 0 Å². The van der Waals surface area contributed by atoms with Gasteiger partial charge in [-0.25, -0.2) is 0 Å². The summed E-state index contributed by atoms with van der Waals surface area (Å²) in [4.78, 5) is 2.00. The first-order chi connectivity index (χ1) is 7.30. The van der Waals surface area contributed by atoms with Crippen LogP contribution in [0.5, 0.6) is 0 Å². The van der Waals surface area contributed by atoms with E-state index < -0.39 is 11.7 Å². The summed E-state index contributed by atoms with van der Waals surface area (Å²) in [5.41, 5.74) is 0.105. The molecule has 4 heteroatoms. The zero-order valence-corrected chi connectivity index (χ0v) is 9.67. The molecule has 1 nitrogen and oxygen atoms in total. The van der Waals surface area contributed by atoms with Gasteiger partial charge in [0, 0.05) is 12.6 Å². The quantitative estimate of drug-likeness (QED) is 0.769. The molecule has 0 aliphatic heterocycles. The normalized spacial score (nSPS) is 12.5. The van der Waals surface area contributed by atoms with E-state index in [0.717, 1.165) is 6.07 Å². The third-order valence-corrected chi connectivity index (χ3v) is 2.57. The maximum Gasteiger partial charge on any atom is 0.416 e. The van der Waals surface area contributed by atoms with E-state index in [1.807, 2.05) is 25.8 Å². The Morgan fingerprint density at radius 2 is 1.88 bits per heavy atom. The summed E-state index contributed by atoms with van der Waals surface area (Å²) in [7, 11) is 1.89. The summed E-state index contributed by atoms with van der Waals surface area (Å²) in [6.45, 7) is 4.54. The molecule has 0 atom stereocenters. The molecule has 16 heavy (non-hydrogen) atoms. The Hall–Kier alpha value is -1.03. The molecule has 0 radical (unpaired) electrons. The summed E-state index contributed by atoms with van der Waals surface area (Å²) >= 11 is 0. The molecule has 0 aromatic heterocycles. The van der Waals surface area contributed by atoms with Crippen LogP contribution in [0.1, 0.15) is 25.0 Å². The standard InChI is InChI=1S/C12H16F3N/c1-9(2)16(3)8-10-5-4-6-11(7-10)12(13,14)15/h4-7,9H,8H2,1-3H3. The maximum atomic E-state index is 12.5. The van der Waals surface area contributed by atoms with Crippen molar-refractivity contribution >= 4 is 0 Å². The first kappa shape index (κ1) is 13.0. The van der Waals surface area contributed by atoms with E-state index in [1.165, 1.54) is 12.1 Å². The average Bonchev–Trinajstić information content (AvgIpc) is 2.16. The summed E-state index contributed by atoms with van der Waals surface area (Å²) in [5.74, 6) is 0. The second kappa shape index (κ2) is 4.87. The van der Waals surface area contributed by atoms with Gasteiger partial charge in [-0.05, 0) is 32.5 Å². The fourth-order valence-corrected chi connectivity index (χ4v) is 1.32. The minimum Gasteiger partial charge on any atom is -0.300 e. The molecule has 0 saturated carbocycles. The van der Waals surface area contributed by atoms with Crippen molar-refractivity contribution < 1.29 is 13.2 Å². The number of halogens is 3. The van der Waals surface area contributed by atoms with Gasteiger partial charge in [0.25, 0.3) is 0 Å². The Balaban J connectivity index is 2.83. The van der Waals surface area contributed by atoms with Crippen LogP contribution < -0.4 is 0 Å². The molecule has 1 rings (SSSR count). The van der Waals surface area contributed by atoms with Crippen LogP contribution in [0.2, 0.25) is 0 Å². The van der Waals surface area contributed by atoms with Gasteiger partial charge in [0.15, 0.2) is 0 Å². The summed E-state index contributed by atoms with van der Waals surface area (Å²) in [6.07, 6.45) is -4.26. The van der Waals surface area contributed by atoms with Gasteiger partial charge in [-0.2, -0.15) is 13.2 Å². The van der Waals surface area contributed by atoms with Crippen LogP contribution in [-0.2, 0) is 12.7 Å². The first-order valence-electron chi connectivity index (χ1n) is 5.17. The highest BCUT2D eigenvalue weighted by Crippen LogP contribution is 2.29. The minimum absolute atomic E-state index is 0.314. The number of alkyl halides is 3. The molecule has 0 unspecified atom stereocenters. The summed E-state index contributed by atoms with van der Waals surface area (Å²) in [5, 5.41) is 0. The lowest BCUT2D eigenvalue weighted by Gasteiger charge is -2.21. The minimum atomic E-state index is -4.26. The third kappa shape index (κ3) is 3.52. The SMILES string of the molecule is CC(C)N(C)Cc1cccc(C(F)(F)F)c1. The number of benzene rings is 1. The van der Waals surface area contributed by atoms with Crippen molar-refractivity contribution in [3.63, 3.8) is 0 Å².